The number of unbranched alkanes of at least 4 members (excludes halogenated alkanes) is 1. The quantitative estimate of drug-likeness (QED) is 0.426. The lowest BCUT2D eigenvalue weighted by Gasteiger charge is -2.06. The zero-order valence-electron chi connectivity index (χ0n) is 9.91. The number of carbonyl (C=O) groups excluding carboxylic acids is 1. The van der Waals surface area contributed by atoms with Crippen LogP contribution in [0, 0.1) is 5.41 Å². The molecule has 4 nitrogen and oxygen atoms in total. The fraction of sp³-hybridized carbons (Fsp3) is 0.333. The SMILES string of the molecule is Cl.N=C(N)c1cc(CCCCC(N)=O)ccc1Cl. The molecule has 100 valence electrons. The summed E-state index contributed by atoms with van der Waals surface area (Å²) in [7, 11) is 0. The molecule has 18 heavy (non-hydrogen) atoms. The number of amidine groups is 1. The lowest BCUT2D eigenvalue weighted by Crippen LogP contribution is -2.12. The molecule has 1 aromatic rings. The Morgan fingerprint density at radius 2 is 1.94 bits per heavy atom. The average molecular weight is 290 g/mol. The number of hydrogen-bond donors (Lipinski definition) is 3. The molecule has 0 aliphatic heterocycles. The van der Waals surface area contributed by atoms with Gasteiger partial charge in [0.25, 0.3) is 0 Å². The van der Waals surface area contributed by atoms with Crippen molar-refractivity contribution >= 4 is 35.8 Å². The number of hydrogen-bond acceptors (Lipinski definition) is 2. The maximum atomic E-state index is 10.6. The van der Waals surface area contributed by atoms with E-state index < -0.39 is 0 Å². The molecule has 0 unspecified atom stereocenters. The topological polar surface area (TPSA) is 93.0 Å². The van der Waals surface area contributed by atoms with E-state index in [2.05, 4.69) is 0 Å². The molecule has 0 aromatic heterocycles. The van der Waals surface area contributed by atoms with Gasteiger partial charge in [-0.15, -0.1) is 12.4 Å². The van der Waals surface area contributed by atoms with Crippen LogP contribution in [0.1, 0.15) is 30.4 Å². The Kier molecular flexibility index (Phi) is 7.39. The van der Waals surface area contributed by atoms with E-state index in [0.29, 0.717) is 17.0 Å². The molecule has 0 atom stereocenters. The predicted molar refractivity (Wildman–Crippen MR) is 76.5 cm³/mol. The van der Waals surface area contributed by atoms with Crippen LogP contribution in [-0.2, 0) is 11.2 Å². The molecule has 0 saturated heterocycles. The van der Waals surface area contributed by atoms with Crippen molar-refractivity contribution in [2.45, 2.75) is 25.7 Å². The smallest absolute Gasteiger partial charge is 0.217 e. The van der Waals surface area contributed by atoms with Gasteiger partial charge in [0.1, 0.15) is 5.84 Å². The molecule has 0 aliphatic rings. The average Bonchev–Trinajstić information content (AvgIpc) is 2.25. The fourth-order valence-corrected chi connectivity index (χ4v) is 1.78. The van der Waals surface area contributed by atoms with Crippen molar-refractivity contribution in [1.82, 2.24) is 0 Å². The summed E-state index contributed by atoms with van der Waals surface area (Å²) >= 11 is 5.91. The van der Waals surface area contributed by atoms with E-state index in [0.717, 1.165) is 24.8 Å². The van der Waals surface area contributed by atoms with Crippen molar-refractivity contribution in [2.24, 2.45) is 11.5 Å². The van der Waals surface area contributed by atoms with Gasteiger partial charge in [0, 0.05) is 12.0 Å². The first-order valence-electron chi connectivity index (χ1n) is 5.42. The molecule has 0 bridgehead atoms. The molecule has 0 spiro atoms. The molecular weight excluding hydrogens is 273 g/mol. The van der Waals surface area contributed by atoms with Gasteiger partial charge in [-0.2, -0.15) is 0 Å². The minimum absolute atomic E-state index is 0. The minimum atomic E-state index is -0.273. The highest BCUT2D eigenvalue weighted by molar-refractivity contribution is 6.33. The van der Waals surface area contributed by atoms with E-state index >= 15 is 0 Å². The van der Waals surface area contributed by atoms with Crippen molar-refractivity contribution in [3.63, 3.8) is 0 Å². The van der Waals surface area contributed by atoms with Crippen LogP contribution in [0.15, 0.2) is 18.2 Å². The molecule has 1 aromatic carbocycles. The lowest BCUT2D eigenvalue weighted by atomic mass is 10.0. The maximum absolute atomic E-state index is 10.6. The standard InChI is InChI=1S/C12H16ClN3O.ClH/c13-10-6-5-8(7-9(10)12(15)16)3-1-2-4-11(14)17;/h5-7H,1-4H2,(H2,14,17)(H3,15,16);1H. The number of nitrogen functional groups attached to an aromatic ring is 1. The highest BCUT2D eigenvalue weighted by Crippen LogP contribution is 2.18. The largest absolute Gasteiger partial charge is 0.384 e. The number of benzene rings is 1. The van der Waals surface area contributed by atoms with E-state index in [1.54, 1.807) is 6.07 Å². The Hall–Kier alpha value is -1.26. The van der Waals surface area contributed by atoms with Crippen LogP contribution >= 0.6 is 24.0 Å². The van der Waals surface area contributed by atoms with Crippen molar-refractivity contribution in [3.8, 4) is 0 Å². The monoisotopic (exact) mass is 289 g/mol. The van der Waals surface area contributed by atoms with E-state index in [1.165, 1.54) is 0 Å². The van der Waals surface area contributed by atoms with Gasteiger partial charge in [-0.3, -0.25) is 10.2 Å². The second kappa shape index (κ2) is 7.95. The van der Waals surface area contributed by atoms with Crippen molar-refractivity contribution in [1.29, 1.82) is 5.41 Å². The third kappa shape index (κ3) is 5.38. The van der Waals surface area contributed by atoms with Gasteiger partial charge in [-0.1, -0.05) is 17.7 Å². The van der Waals surface area contributed by atoms with Crippen LogP contribution in [0.3, 0.4) is 0 Å². The highest BCUT2D eigenvalue weighted by atomic mass is 35.5. The molecule has 0 radical (unpaired) electrons. The number of rotatable bonds is 6. The Labute approximate surface area is 118 Å². The fourth-order valence-electron chi connectivity index (χ4n) is 1.56. The summed E-state index contributed by atoms with van der Waals surface area (Å²) in [6.45, 7) is 0. The van der Waals surface area contributed by atoms with Crippen LogP contribution < -0.4 is 11.5 Å². The first-order valence-corrected chi connectivity index (χ1v) is 5.79. The van der Waals surface area contributed by atoms with Crippen LogP contribution in [0.2, 0.25) is 5.02 Å². The van der Waals surface area contributed by atoms with Gasteiger partial charge in [0.15, 0.2) is 0 Å². The minimum Gasteiger partial charge on any atom is -0.384 e. The second-order valence-electron chi connectivity index (χ2n) is 3.90. The van der Waals surface area contributed by atoms with Crippen molar-refractivity contribution < 1.29 is 4.79 Å². The third-order valence-corrected chi connectivity index (χ3v) is 2.79. The number of nitrogens with one attached hydrogen (secondary N) is 1. The molecule has 0 saturated carbocycles. The number of aryl methyl sites for hydroxylation is 1. The Morgan fingerprint density at radius 3 is 2.50 bits per heavy atom. The summed E-state index contributed by atoms with van der Waals surface area (Å²) in [5.41, 5.74) is 12.1. The van der Waals surface area contributed by atoms with E-state index in [9.17, 15) is 4.79 Å². The third-order valence-electron chi connectivity index (χ3n) is 2.46. The molecule has 0 aliphatic carbocycles. The highest BCUT2D eigenvalue weighted by Gasteiger charge is 2.05. The molecule has 6 heteroatoms. The predicted octanol–water partition coefficient (Wildman–Crippen LogP) is 2.24. The van der Waals surface area contributed by atoms with Gasteiger partial charge in [0.2, 0.25) is 5.91 Å². The van der Waals surface area contributed by atoms with Crippen LogP contribution in [-0.4, -0.2) is 11.7 Å². The number of nitrogens with two attached hydrogens (primary N) is 2. The Bertz CT molecular complexity index is 435. The number of carbonyl (C=O) groups is 1. The van der Waals surface area contributed by atoms with Crippen LogP contribution in [0.4, 0.5) is 0 Å². The van der Waals surface area contributed by atoms with Gasteiger partial charge in [-0.05, 0) is 37.0 Å². The molecule has 0 heterocycles. The summed E-state index contributed by atoms with van der Waals surface area (Å²) in [6.07, 6.45) is 2.88. The van der Waals surface area contributed by atoms with Crippen LogP contribution in [0.25, 0.3) is 0 Å². The van der Waals surface area contributed by atoms with Crippen molar-refractivity contribution in [2.75, 3.05) is 0 Å². The first kappa shape index (κ1) is 16.7. The maximum Gasteiger partial charge on any atom is 0.217 e. The van der Waals surface area contributed by atoms with E-state index in [-0.39, 0.29) is 24.1 Å². The Balaban J connectivity index is 0.00000289. The summed E-state index contributed by atoms with van der Waals surface area (Å²) < 4.78 is 0. The molecular formula is C12H17Cl2N3O. The molecule has 1 rings (SSSR count). The molecule has 5 N–H and O–H groups in total. The summed E-state index contributed by atoms with van der Waals surface area (Å²) in [6, 6.07) is 5.45. The van der Waals surface area contributed by atoms with E-state index in [1.807, 2.05) is 12.1 Å². The lowest BCUT2D eigenvalue weighted by molar-refractivity contribution is -0.118. The number of halogens is 2. The van der Waals surface area contributed by atoms with Gasteiger partial charge < -0.3 is 11.5 Å². The number of amides is 1. The summed E-state index contributed by atoms with van der Waals surface area (Å²) in [5, 5.41) is 7.86. The van der Waals surface area contributed by atoms with Gasteiger partial charge >= 0.3 is 0 Å². The number of primary amides is 1. The van der Waals surface area contributed by atoms with Crippen molar-refractivity contribution in [3.05, 3.63) is 34.3 Å². The zero-order valence-corrected chi connectivity index (χ0v) is 11.5. The summed E-state index contributed by atoms with van der Waals surface area (Å²) in [5.74, 6) is -0.306. The van der Waals surface area contributed by atoms with E-state index in [4.69, 9.17) is 28.5 Å². The van der Waals surface area contributed by atoms with Gasteiger partial charge in [-0.25, -0.2) is 0 Å². The summed E-state index contributed by atoms with van der Waals surface area (Å²) in [4.78, 5) is 10.6. The first-order chi connectivity index (χ1) is 8.00. The zero-order chi connectivity index (χ0) is 12.8. The normalized spacial score (nSPS) is 9.61. The van der Waals surface area contributed by atoms with Crippen LogP contribution in [0.5, 0.6) is 0 Å². The molecule has 1 amide bonds. The Morgan fingerprint density at radius 1 is 1.28 bits per heavy atom. The molecule has 0 fully saturated rings. The van der Waals surface area contributed by atoms with Gasteiger partial charge in [0.05, 0.1) is 5.02 Å². The second-order valence-corrected chi connectivity index (χ2v) is 4.31.